The number of imidazole rings is 1. The van der Waals surface area contributed by atoms with Crippen molar-refractivity contribution in [2.24, 2.45) is 0 Å². The van der Waals surface area contributed by atoms with Crippen LogP contribution in [0.25, 0.3) is 16.7 Å². The second-order valence-electron chi connectivity index (χ2n) is 6.90. The lowest BCUT2D eigenvalue weighted by Gasteiger charge is -2.27. The summed E-state index contributed by atoms with van der Waals surface area (Å²) in [6, 6.07) is 22.7. The van der Waals surface area contributed by atoms with Crippen LogP contribution in [0.15, 0.2) is 83.3 Å². The lowest BCUT2D eigenvalue weighted by atomic mass is 10.0. The van der Waals surface area contributed by atoms with Crippen LogP contribution in [0.5, 0.6) is 5.75 Å². The Morgan fingerprint density at radius 1 is 1.00 bits per heavy atom. The summed E-state index contributed by atoms with van der Waals surface area (Å²) in [5, 5.41) is 3.39. The molecule has 0 saturated heterocycles. The van der Waals surface area contributed by atoms with Crippen molar-refractivity contribution in [3.05, 3.63) is 94.5 Å². The van der Waals surface area contributed by atoms with Crippen LogP contribution in [0.4, 0.5) is 14.7 Å². The zero-order chi connectivity index (χ0) is 20.7. The van der Waals surface area contributed by atoms with Gasteiger partial charge in [-0.2, -0.15) is 8.78 Å². The van der Waals surface area contributed by atoms with E-state index in [1.165, 1.54) is 12.1 Å². The Morgan fingerprint density at radius 3 is 2.57 bits per heavy atom. The van der Waals surface area contributed by atoms with Crippen molar-refractivity contribution >= 4 is 38.6 Å². The first-order valence-electron chi connectivity index (χ1n) is 9.35. The number of anilines is 1. The second kappa shape index (κ2) is 7.57. The molecular formula is C23H16BrF2N3O. The minimum absolute atomic E-state index is 0.0851. The van der Waals surface area contributed by atoms with Crippen LogP contribution >= 0.6 is 15.9 Å². The van der Waals surface area contributed by atoms with Crippen LogP contribution in [-0.2, 0) is 0 Å². The number of nitrogens with zero attached hydrogens (tertiary/aromatic N) is 2. The predicted octanol–water partition coefficient (Wildman–Crippen LogP) is 6.46. The molecule has 0 fully saturated rings. The highest BCUT2D eigenvalue weighted by Gasteiger charge is 2.25. The predicted molar refractivity (Wildman–Crippen MR) is 117 cm³/mol. The number of benzene rings is 3. The number of halogens is 3. The molecule has 2 heterocycles. The summed E-state index contributed by atoms with van der Waals surface area (Å²) in [5.41, 5.74) is 4.74. The average Bonchev–Trinajstić information content (AvgIpc) is 3.12. The minimum atomic E-state index is -2.84. The molecule has 0 spiro atoms. The molecule has 1 aliphatic heterocycles. The van der Waals surface area contributed by atoms with Crippen LogP contribution in [0.1, 0.15) is 17.2 Å². The lowest BCUT2D eigenvalue weighted by Crippen LogP contribution is -2.19. The monoisotopic (exact) mass is 467 g/mol. The first-order chi connectivity index (χ1) is 14.6. The number of nitrogens with one attached hydrogen (secondary N) is 1. The number of aromatic nitrogens is 2. The minimum Gasteiger partial charge on any atom is -0.435 e. The van der Waals surface area contributed by atoms with E-state index in [-0.39, 0.29) is 11.8 Å². The Labute approximate surface area is 179 Å². The normalized spacial score (nSPS) is 15.6. The first kappa shape index (κ1) is 18.8. The Morgan fingerprint density at radius 2 is 1.80 bits per heavy atom. The van der Waals surface area contributed by atoms with Crippen molar-refractivity contribution in [3.63, 3.8) is 0 Å². The third kappa shape index (κ3) is 3.45. The van der Waals surface area contributed by atoms with Crippen molar-refractivity contribution in [2.75, 3.05) is 5.32 Å². The fourth-order valence-corrected chi connectivity index (χ4v) is 4.15. The molecule has 1 atom stereocenters. The molecule has 150 valence electrons. The Bertz CT molecular complexity index is 1250. The number of para-hydroxylation sites is 2. The maximum Gasteiger partial charge on any atom is 0.387 e. The fourth-order valence-electron chi connectivity index (χ4n) is 3.73. The van der Waals surface area contributed by atoms with Crippen LogP contribution in [-0.4, -0.2) is 16.2 Å². The number of allylic oxidation sites excluding steroid dienone is 1. The highest BCUT2D eigenvalue weighted by molar-refractivity contribution is 9.10. The summed E-state index contributed by atoms with van der Waals surface area (Å²) < 4.78 is 32.5. The molecule has 1 aromatic heterocycles. The van der Waals surface area contributed by atoms with E-state index >= 15 is 0 Å². The Kier molecular flexibility index (Phi) is 4.75. The molecule has 5 rings (SSSR count). The van der Waals surface area contributed by atoms with E-state index in [4.69, 9.17) is 4.98 Å². The number of hydrogen-bond donors (Lipinski definition) is 1. The molecule has 0 saturated carbocycles. The highest BCUT2D eigenvalue weighted by atomic mass is 79.9. The topological polar surface area (TPSA) is 39.1 Å². The van der Waals surface area contributed by atoms with Gasteiger partial charge in [-0.15, -0.1) is 0 Å². The quantitative estimate of drug-likeness (QED) is 0.374. The number of hydrogen-bond acceptors (Lipinski definition) is 3. The zero-order valence-electron chi connectivity index (χ0n) is 15.6. The molecule has 0 bridgehead atoms. The smallest absolute Gasteiger partial charge is 0.387 e. The molecular weight excluding hydrogens is 452 g/mol. The molecule has 1 N–H and O–H groups in total. The lowest BCUT2D eigenvalue weighted by molar-refractivity contribution is -0.0498. The molecule has 30 heavy (non-hydrogen) atoms. The third-order valence-corrected chi connectivity index (χ3v) is 5.52. The van der Waals surface area contributed by atoms with E-state index in [0.29, 0.717) is 0 Å². The van der Waals surface area contributed by atoms with Gasteiger partial charge in [0.05, 0.1) is 17.1 Å². The molecule has 0 aliphatic carbocycles. The summed E-state index contributed by atoms with van der Waals surface area (Å²) in [7, 11) is 0. The molecule has 1 aliphatic rings. The van der Waals surface area contributed by atoms with Crippen molar-refractivity contribution in [1.82, 2.24) is 9.55 Å². The summed E-state index contributed by atoms with van der Waals surface area (Å²) >= 11 is 3.56. The van der Waals surface area contributed by atoms with Crippen LogP contribution in [0.3, 0.4) is 0 Å². The third-order valence-electron chi connectivity index (χ3n) is 5.03. The van der Waals surface area contributed by atoms with Gasteiger partial charge in [-0.05, 0) is 65.7 Å². The van der Waals surface area contributed by atoms with Gasteiger partial charge in [-0.1, -0.05) is 40.2 Å². The molecule has 4 nitrogen and oxygen atoms in total. The van der Waals surface area contributed by atoms with E-state index in [9.17, 15) is 8.78 Å². The van der Waals surface area contributed by atoms with Gasteiger partial charge in [-0.25, -0.2) is 4.98 Å². The van der Waals surface area contributed by atoms with Gasteiger partial charge in [0.15, 0.2) is 0 Å². The summed E-state index contributed by atoms with van der Waals surface area (Å²) in [5.74, 6) is 0.854. The molecule has 3 aromatic carbocycles. The summed E-state index contributed by atoms with van der Waals surface area (Å²) in [6.45, 7) is -2.84. The second-order valence-corrected chi connectivity index (χ2v) is 7.82. The SMILES string of the molecule is FC(F)Oc1ccc(C2=CC(c3cccc(Br)c3)n3c(nc4ccccc43)N2)cc1. The van der Waals surface area contributed by atoms with E-state index in [1.54, 1.807) is 12.1 Å². The van der Waals surface area contributed by atoms with E-state index in [2.05, 4.69) is 48.8 Å². The molecule has 0 radical (unpaired) electrons. The van der Waals surface area contributed by atoms with E-state index < -0.39 is 6.61 Å². The number of ether oxygens (including phenoxy) is 1. The Balaban J connectivity index is 1.62. The summed E-state index contributed by atoms with van der Waals surface area (Å²) in [4.78, 5) is 4.76. The molecule has 1 unspecified atom stereocenters. The van der Waals surface area contributed by atoms with Crippen molar-refractivity contribution in [1.29, 1.82) is 0 Å². The van der Waals surface area contributed by atoms with Crippen LogP contribution in [0.2, 0.25) is 0 Å². The van der Waals surface area contributed by atoms with Crippen LogP contribution in [0, 0.1) is 0 Å². The zero-order valence-corrected chi connectivity index (χ0v) is 17.2. The summed E-state index contributed by atoms with van der Waals surface area (Å²) in [6.07, 6.45) is 2.12. The molecule has 0 amide bonds. The van der Waals surface area contributed by atoms with Crippen LogP contribution < -0.4 is 10.1 Å². The fraction of sp³-hybridized carbons (Fsp3) is 0.0870. The average molecular weight is 468 g/mol. The van der Waals surface area contributed by atoms with Crippen molar-refractivity contribution in [2.45, 2.75) is 12.7 Å². The van der Waals surface area contributed by atoms with Gasteiger partial charge in [0.1, 0.15) is 5.75 Å². The Hall–Kier alpha value is -3.19. The van der Waals surface area contributed by atoms with Gasteiger partial charge in [0.25, 0.3) is 0 Å². The highest BCUT2D eigenvalue weighted by Crippen LogP contribution is 2.37. The van der Waals surface area contributed by atoms with Gasteiger partial charge in [-0.3, -0.25) is 4.57 Å². The van der Waals surface area contributed by atoms with Gasteiger partial charge in [0, 0.05) is 10.2 Å². The number of alkyl halides is 2. The van der Waals surface area contributed by atoms with E-state index in [1.807, 2.05) is 36.4 Å². The maximum absolute atomic E-state index is 12.5. The van der Waals surface area contributed by atoms with Gasteiger partial charge >= 0.3 is 6.61 Å². The van der Waals surface area contributed by atoms with Crippen molar-refractivity contribution < 1.29 is 13.5 Å². The molecule has 4 aromatic rings. The van der Waals surface area contributed by atoms with Gasteiger partial charge < -0.3 is 10.1 Å². The van der Waals surface area contributed by atoms with Crippen molar-refractivity contribution in [3.8, 4) is 5.75 Å². The van der Waals surface area contributed by atoms with E-state index in [0.717, 1.165) is 38.3 Å². The number of rotatable bonds is 4. The number of fused-ring (bicyclic) bond motifs is 3. The largest absolute Gasteiger partial charge is 0.435 e. The van der Waals surface area contributed by atoms with Gasteiger partial charge in [0.2, 0.25) is 5.95 Å². The standard InChI is InChI=1S/C23H16BrF2N3O/c24-16-5-3-4-15(12-16)21-13-19(14-8-10-17(11-9-14)30-22(25)26)28-23-27-18-6-1-2-7-20(18)29(21)23/h1-13,21-22H,(H,27,28). The maximum atomic E-state index is 12.5. The molecule has 7 heteroatoms. The first-order valence-corrected chi connectivity index (χ1v) is 10.1.